The maximum absolute atomic E-state index is 6.24. The average molecular weight is 325 g/mol. The highest BCUT2D eigenvalue weighted by atomic mass is 16.5. The Morgan fingerprint density at radius 1 is 0.958 bits per heavy atom. The van der Waals surface area contributed by atoms with E-state index < -0.39 is 0 Å². The van der Waals surface area contributed by atoms with Crippen LogP contribution in [-0.2, 0) is 12.0 Å². The lowest BCUT2D eigenvalue weighted by Gasteiger charge is -2.38. The molecule has 0 amide bonds. The molecule has 0 unspecified atom stereocenters. The molecular weight excluding hydrogens is 298 g/mol. The summed E-state index contributed by atoms with van der Waals surface area (Å²) in [7, 11) is 1.70. The molecule has 3 rings (SSSR count). The standard InChI is InChI=1S/C21H27NO2/c1-23-19-12-8-11-18(21(16-22)13-6-3-7-14-21)20(19)24-15-17-9-4-2-5-10-17/h2,4-5,8-12H,3,6-7,13-16,22H2,1H3. The van der Waals surface area contributed by atoms with Crippen LogP contribution in [0.2, 0.25) is 0 Å². The number of nitrogens with two attached hydrogens (primary N) is 1. The molecule has 0 spiro atoms. The minimum absolute atomic E-state index is 0.0127. The van der Waals surface area contributed by atoms with Crippen LogP contribution in [-0.4, -0.2) is 13.7 Å². The van der Waals surface area contributed by atoms with Gasteiger partial charge in [0.15, 0.2) is 11.5 Å². The zero-order valence-corrected chi connectivity index (χ0v) is 14.5. The number of benzene rings is 2. The highest BCUT2D eigenvalue weighted by Gasteiger charge is 2.36. The Kier molecular flexibility index (Phi) is 5.41. The minimum Gasteiger partial charge on any atom is -0.493 e. The Morgan fingerprint density at radius 2 is 1.71 bits per heavy atom. The van der Waals surface area contributed by atoms with Gasteiger partial charge in [-0.15, -0.1) is 0 Å². The molecule has 1 aliphatic carbocycles. The summed E-state index contributed by atoms with van der Waals surface area (Å²) in [6.45, 7) is 1.19. The number of ether oxygens (including phenoxy) is 2. The lowest BCUT2D eigenvalue weighted by molar-refractivity contribution is 0.252. The van der Waals surface area contributed by atoms with Crippen LogP contribution in [0.25, 0.3) is 0 Å². The summed E-state index contributed by atoms with van der Waals surface area (Å²) < 4.78 is 11.8. The Labute approximate surface area is 144 Å². The second kappa shape index (κ2) is 7.71. The second-order valence-electron chi connectivity index (χ2n) is 6.66. The smallest absolute Gasteiger partial charge is 0.165 e. The van der Waals surface area contributed by atoms with Crippen molar-refractivity contribution in [1.82, 2.24) is 0 Å². The predicted molar refractivity (Wildman–Crippen MR) is 97.6 cm³/mol. The monoisotopic (exact) mass is 325 g/mol. The fourth-order valence-electron chi connectivity index (χ4n) is 3.78. The maximum Gasteiger partial charge on any atom is 0.165 e. The summed E-state index contributed by atoms with van der Waals surface area (Å²) in [5.74, 6) is 1.65. The van der Waals surface area contributed by atoms with Gasteiger partial charge in [-0.25, -0.2) is 0 Å². The average Bonchev–Trinajstić information content (AvgIpc) is 2.67. The number of rotatable bonds is 6. The molecule has 3 nitrogen and oxygen atoms in total. The zero-order chi connectivity index (χ0) is 16.8. The quantitative estimate of drug-likeness (QED) is 0.854. The van der Waals surface area contributed by atoms with Crippen LogP contribution in [0.1, 0.15) is 43.2 Å². The maximum atomic E-state index is 6.24. The molecule has 0 aromatic heterocycles. The molecule has 0 bridgehead atoms. The Balaban J connectivity index is 1.94. The summed E-state index contributed by atoms with van der Waals surface area (Å²) >= 11 is 0. The van der Waals surface area contributed by atoms with Crippen LogP contribution in [0.15, 0.2) is 48.5 Å². The van der Waals surface area contributed by atoms with Crippen molar-refractivity contribution in [2.75, 3.05) is 13.7 Å². The normalized spacial score (nSPS) is 16.6. The van der Waals surface area contributed by atoms with Gasteiger partial charge < -0.3 is 15.2 Å². The van der Waals surface area contributed by atoms with Crippen LogP contribution in [0.3, 0.4) is 0 Å². The number of hydrogen-bond acceptors (Lipinski definition) is 3. The Hall–Kier alpha value is -2.00. The third-order valence-corrected chi connectivity index (χ3v) is 5.20. The first-order valence-electron chi connectivity index (χ1n) is 8.83. The SMILES string of the molecule is COc1cccc(C2(CN)CCCCC2)c1OCc1ccccc1. The molecule has 0 aliphatic heterocycles. The molecule has 2 N–H and O–H groups in total. The van der Waals surface area contributed by atoms with Crippen molar-refractivity contribution >= 4 is 0 Å². The highest BCUT2D eigenvalue weighted by Crippen LogP contribution is 2.46. The molecule has 1 aliphatic rings. The second-order valence-corrected chi connectivity index (χ2v) is 6.66. The summed E-state index contributed by atoms with van der Waals surface area (Å²) in [6, 6.07) is 16.4. The van der Waals surface area contributed by atoms with E-state index in [9.17, 15) is 0 Å². The van der Waals surface area contributed by atoms with Crippen LogP contribution in [0.5, 0.6) is 11.5 Å². The lowest BCUT2D eigenvalue weighted by atomic mass is 9.69. The van der Waals surface area contributed by atoms with Crippen LogP contribution in [0, 0.1) is 0 Å². The molecule has 128 valence electrons. The van der Waals surface area contributed by atoms with Gasteiger partial charge in [-0.2, -0.15) is 0 Å². The van der Waals surface area contributed by atoms with E-state index in [1.54, 1.807) is 7.11 Å². The van der Waals surface area contributed by atoms with Crippen LogP contribution >= 0.6 is 0 Å². The zero-order valence-electron chi connectivity index (χ0n) is 14.5. The van der Waals surface area contributed by atoms with E-state index in [1.165, 1.54) is 24.8 Å². The number of para-hydroxylation sites is 1. The third kappa shape index (κ3) is 3.41. The van der Waals surface area contributed by atoms with Crippen LogP contribution in [0.4, 0.5) is 0 Å². The molecule has 1 fully saturated rings. The molecule has 0 atom stereocenters. The Bertz CT molecular complexity index is 648. The van der Waals surface area contributed by atoms with Gasteiger partial charge in [0.25, 0.3) is 0 Å². The van der Waals surface area contributed by atoms with Gasteiger partial charge in [-0.1, -0.05) is 61.7 Å². The largest absolute Gasteiger partial charge is 0.493 e. The molecule has 24 heavy (non-hydrogen) atoms. The van der Waals surface area contributed by atoms with Crippen molar-refractivity contribution in [3.8, 4) is 11.5 Å². The van der Waals surface area contributed by atoms with Gasteiger partial charge in [0, 0.05) is 17.5 Å². The summed E-state index contributed by atoms with van der Waals surface area (Å²) in [5.41, 5.74) is 8.62. The first-order chi connectivity index (χ1) is 11.8. The van der Waals surface area contributed by atoms with Gasteiger partial charge in [0.2, 0.25) is 0 Å². The van der Waals surface area contributed by atoms with E-state index in [2.05, 4.69) is 24.3 Å². The van der Waals surface area contributed by atoms with E-state index in [4.69, 9.17) is 15.2 Å². The molecule has 1 saturated carbocycles. The van der Waals surface area contributed by atoms with Crippen molar-refractivity contribution < 1.29 is 9.47 Å². The van der Waals surface area contributed by atoms with E-state index >= 15 is 0 Å². The topological polar surface area (TPSA) is 44.5 Å². The first kappa shape index (κ1) is 16.8. The van der Waals surface area contributed by atoms with E-state index in [0.717, 1.165) is 29.9 Å². The fourth-order valence-corrected chi connectivity index (χ4v) is 3.78. The van der Waals surface area contributed by atoms with Crippen molar-refractivity contribution in [3.63, 3.8) is 0 Å². The van der Waals surface area contributed by atoms with Gasteiger partial charge >= 0.3 is 0 Å². The molecule has 0 heterocycles. The molecule has 0 saturated heterocycles. The van der Waals surface area contributed by atoms with Gasteiger partial charge in [-0.3, -0.25) is 0 Å². The summed E-state index contributed by atoms with van der Waals surface area (Å²) in [4.78, 5) is 0. The molecule has 2 aromatic rings. The van der Waals surface area contributed by atoms with E-state index in [0.29, 0.717) is 13.2 Å². The van der Waals surface area contributed by atoms with E-state index in [1.807, 2.05) is 24.3 Å². The third-order valence-electron chi connectivity index (χ3n) is 5.20. The summed E-state index contributed by atoms with van der Waals surface area (Å²) in [5, 5.41) is 0. The molecular formula is C21H27NO2. The van der Waals surface area contributed by atoms with Gasteiger partial charge in [0.1, 0.15) is 6.61 Å². The van der Waals surface area contributed by atoms with Gasteiger partial charge in [-0.05, 0) is 24.5 Å². The van der Waals surface area contributed by atoms with Gasteiger partial charge in [0.05, 0.1) is 7.11 Å². The first-order valence-corrected chi connectivity index (χ1v) is 8.83. The van der Waals surface area contributed by atoms with Crippen molar-refractivity contribution in [2.24, 2.45) is 5.73 Å². The van der Waals surface area contributed by atoms with Crippen molar-refractivity contribution in [2.45, 2.75) is 44.1 Å². The lowest BCUT2D eigenvalue weighted by Crippen LogP contribution is -2.37. The van der Waals surface area contributed by atoms with E-state index in [-0.39, 0.29) is 5.41 Å². The molecule has 3 heteroatoms. The Morgan fingerprint density at radius 3 is 2.38 bits per heavy atom. The van der Waals surface area contributed by atoms with Crippen LogP contribution < -0.4 is 15.2 Å². The summed E-state index contributed by atoms with van der Waals surface area (Å²) in [6.07, 6.45) is 6.00. The highest BCUT2D eigenvalue weighted by molar-refractivity contribution is 5.50. The van der Waals surface area contributed by atoms with Crippen molar-refractivity contribution in [3.05, 3.63) is 59.7 Å². The number of methoxy groups -OCH3 is 1. The fraction of sp³-hybridized carbons (Fsp3) is 0.429. The minimum atomic E-state index is 0.0127. The molecule has 0 radical (unpaired) electrons. The number of hydrogen-bond donors (Lipinski definition) is 1. The van der Waals surface area contributed by atoms with Crippen molar-refractivity contribution in [1.29, 1.82) is 0 Å². The predicted octanol–water partition coefficient (Wildman–Crippen LogP) is 4.43. The molecule has 2 aromatic carbocycles.